The van der Waals surface area contributed by atoms with E-state index in [1.54, 1.807) is 24.3 Å². The van der Waals surface area contributed by atoms with Gasteiger partial charge in [0.25, 0.3) is 0 Å². The number of rotatable bonds is 10. The third kappa shape index (κ3) is 5.91. The van der Waals surface area contributed by atoms with E-state index >= 15 is 0 Å². The van der Waals surface area contributed by atoms with E-state index in [0.29, 0.717) is 24.6 Å². The quantitative estimate of drug-likeness (QED) is 0.299. The fraction of sp³-hybridized carbons (Fsp3) is 0.474. The highest BCUT2D eigenvalue weighted by atomic mass is 16.6. The molecule has 0 aliphatic carbocycles. The molecule has 2 heterocycles. The van der Waals surface area contributed by atoms with Crippen molar-refractivity contribution in [1.29, 1.82) is 0 Å². The standard InChI is InChI=1S/C19H27N7O4/c1-2-30-15-6-4-14(5-7-15)22-18-16(26(27)28)17(20)23-19(24-18)21-8-3-9-25-10-12-29-13-11-25/h4-7H,2-3,8-13H2,1H3,(H4,20,21,22,23,24). The van der Waals surface area contributed by atoms with Gasteiger partial charge in [-0.15, -0.1) is 0 Å². The van der Waals surface area contributed by atoms with Crippen molar-refractivity contribution in [2.75, 3.05) is 62.4 Å². The molecule has 0 bridgehead atoms. The number of nitrogens with zero attached hydrogens (tertiary/aromatic N) is 4. The van der Waals surface area contributed by atoms with Crippen LogP contribution in [0.3, 0.4) is 0 Å². The van der Waals surface area contributed by atoms with Crippen LogP contribution in [0.2, 0.25) is 0 Å². The van der Waals surface area contributed by atoms with Gasteiger partial charge in [0, 0.05) is 25.3 Å². The summed E-state index contributed by atoms with van der Waals surface area (Å²) in [5, 5.41) is 17.5. The third-order valence-corrected chi connectivity index (χ3v) is 4.56. The summed E-state index contributed by atoms with van der Waals surface area (Å²) in [5.41, 5.74) is 6.11. The molecule has 0 radical (unpaired) electrons. The Bertz CT molecular complexity index is 842. The molecule has 1 aromatic carbocycles. The average molecular weight is 417 g/mol. The van der Waals surface area contributed by atoms with Crippen LogP contribution in [-0.4, -0.2) is 65.8 Å². The number of nitrogen functional groups attached to an aromatic ring is 1. The maximum atomic E-state index is 11.5. The van der Waals surface area contributed by atoms with E-state index < -0.39 is 4.92 Å². The average Bonchev–Trinajstić information content (AvgIpc) is 2.73. The van der Waals surface area contributed by atoms with Crippen LogP contribution >= 0.6 is 0 Å². The van der Waals surface area contributed by atoms with Gasteiger partial charge < -0.3 is 25.8 Å². The molecular formula is C19H27N7O4. The van der Waals surface area contributed by atoms with Crippen LogP contribution in [0.5, 0.6) is 5.75 Å². The Morgan fingerprint density at radius 3 is 2.67 bits per heavy atom. The van der Waals surface area contributed by atoms with Crippen molar-refractivity contribution >= 4 is 29.0 Å². The SMILES string of the molecule is CCOc1ccc(Nc2nc(NCCCN3CCOCC3)nc(N)c2[N+](=O)[O-])cc1. The molecule has 1 aliphatic rings. The Hall–Kier alpha value is -3.18. The number of ether oxygens (including phenoxy) is 2. The summed E-state index contributed by atoms with van der Waals surface area (Å²) < 4.78 is 10.7. The van der Waals surface area contributed by atoms with Crippen LogP contribution in [-0.2, 0) is 4.74 Å². The van der Waals surface area contributed by atoms with Crippen LogP contribution in [0.1, 0.15) is 13.3 Å². The number of morpholine rings is 1. The van der Waals surface area contributed by atoms with E-state index in [0.717, 1.165) is 39.3 Å². The Labute approximate surface area is 174 Å². The van der Waals surface area contributed by atoms with E-state index in [1.165, 1.54) is 0 Å². The number of anilines is 4. The first kappa shape index (κ1) is 21.5. The first-order valence-corrected chi connectivity index (χ1v) is 9.92. The minimum absolute atomic E-state index is 0.0346. The van der Waals surface area contributed by atoms with Crippen molar-refractivity contribution < 1.29 is 14.4 Å². The lowest BCUT2D eigenvalue weighted by molar-refractivity contribution is -0.383. The van der Waals surface area contributed by atoms with Crippen LogP contribution in [0, 0.1) is 10.1 Å². The molecule has 2 aromatic rings. The zero-order valence-electron chi connectivity index (χ0n) is 17.0. The topological polar surface area (TPSA) is 141 Å². The maximum absolute atomic E-state index is 11.5. The van der Waals surface area contributed by atoms with E-state index in [9.17, 15) is 10.1 Å². The van der Waals surface area contributed by atoms with Crippen molar-refractivity contribution in [3.05, 3.63) is 34.4 Å². The Kier molecular flexibility index (Phi) is 7.57. The summed E-state index contributed by atoms with van der Waals surface area (Å²) >= 11 is 0. The zero-order chi connectivity index (χ0) is 21.3. The van der Waals surface area contributed by atoms with Gasteiger partial charge >= 0.3 is 5.69 Å². The lowest BCUT2D eigenvalue weighted by Gasteiger charge is -2.26. The third-order valence-electron chi connectivity index (χ3n) is 4.56. The molecular weight excluding hydrogens is 390 g/mol. The molecule has 0 amide bonds. The number of hydrogen-bond acceptors (Lipinski definition) is 10. The number of benzene rings is 1. The van der Waals surface area contributed by atoms with Gasteiger partial charge in [-0.1, -0.05) is 0 Å². The lowest BCUT2D eigenvalue weighted by atomic mass is 10.3. The summed E-state index contributed by atoms with van der Waals surface area (Å²) in [6.45, 7) is 7.38. The van der Waals surface area contributed by atoms with Crippen molar-refractivity contribution in [1.82, 2.24) is 14.9 Å². The number of nitrogens with two attached hydrogens (primary N) is 1. The summed E-state index contributed by atoms with van der Waals surface area (Å²) in [6.07, 6.45) is 0.877. The van der Waals surface area contributed by atoms with Gasteiger partial charge in [-0.05, 0) is 44.2 Å². The molecule has 162 valence electrons. The molecule has 1 aromatic heterocycles. The molecule has 1 fully saturated rings. The molecule has 3 rings (SSSR count). The Balaban J connectivity index is 1.66. The molecule has 4 N–H and O–H groups in total. The highest BCUT2D eigenvalue weighted by Gasteiger charge is 2.23. The van der Waals surface area contributed by atoms with E-state index in [1.807, 2.05) is 6.92 Å². The molecule has 1 saturated heterocycles. The predicted octanol–water partition coefficient (Wildman–Crippen LogP) is 2.24. The van der Waals surface area contributed by atoms with Gasteiger partial charge in [0.1, 0.15) is 5.75 Å². The Morgan fingerprint density at radius 1 is 1.27 bits per heavy atom. The molecule has 11 nitrogen and oxygen atoms in total. The summed E-state index contributed by atoms with van der Waals surface area (Å²) in [5.74, 6) is 0.794. The normalized spacial score (nSPS) is 14.3. The van der Waals surface area contributed by atoms with Crippen LogP contribution < -0.4 is 21.1 Å². The minimum Gasteiger partial charge on any atom is -0.494 e. The number of aromatic nitrogens is 2. The van der Waals surface area contributed by atoms with E-state index in [2.05, 4.69) is 25.5 Å². The van der Waals surface area contributed by atoms with Crippen LogP contribution in [0.4, 0.5) is 29.0 Å². The highest BCUT2D eigenvalue weighted by Crippen LogP contribution is 2.31. The van der Waals surface area contributed by atoms with Gasteiger partial charge in [0.2, 0.25) is 17.6 Å². The highest BCUT2D eigenvalue weighted by molar-refractivity contribution is 5.74. The summed E-state index contributed by atoms with van der Waals surface area (Å²) in [6, 6.07) is 7.05. The molecule has 0 spiro atoms. The Morgan fingerprint density at radius 2 is 2.00 bits per heavy atom. The van der Waals surface area contributed by atoms with E-state index in [4.69, 9.17) is 15.2 Å². The second-order valence-electron chi connectivity index (χ2n) is 6.70. The van der Waals surface area contributed by atoms with E-state index in [-0.39, 0.29) is 23.3 Å². The zero-order valence-corrected chi connectivity index (χ0v) is 17.0. The minimum atomic E-state index is -0.589. The number of nitrogens with one attached hydrogen (secondary N) is 2. The maximum Gasteiger partial charge on any atom is 0.353 e. The molecule has 1 aliphatic heterocycles. The first-order chi connectivity index (χ1) is 14.6. The molecule has 11 heteroatoms. The van der Waals surface area contributed by atoms with Gasteiger partial charge in [0.05, 0.1) is 24.7 Å². The van der Waals surface area contributed by atoms with Gasteiger partial charge in [-0.25, -0.2) is 0 Å². The van der Waals surface area contributed by atoms with Crippen molar-refractivity contribution in [3.8, 4) is 5.75 Å². The molecule has 0 unspecified atom stereocenters. The van der Waals surface area contributed by atoms with Crippen molar-refractivity contribution in [2.45, 2.75) is 13.3 Å². The molecule has 0 saturated carbocycles. The summed E-state index contributed by atoms with van der Waals surface area (Å²) in [7, 11) is 0. The van der Waals surface area contributed by atoms with Crippen molar-refractivity contribution in [3.63, 3.8) is 0 Å². The second-order valence-corrected chi connectivity index (χ2v) is 6.70. The number of nitro groups is 1. The van der Waals surface area contributed by atoms with Crippen molar-refractivity contribution in [2.24, 2.45) is 0 Å². The smallest absolute Gasteiger partial charge is 0.353 e. The molecule has 0 atom stereocenters. The fourth-order valence-corrected chi connectivity index (χ4v) is 3.08. The monoisotopic (exact) mass is 417 g/mol. The lowest BCUT2D eigenvalue weighted by Crippen LogP contribution is -2.37. The van der Waals surface area contributed by atoms with Crippen LogP contribution in [0.15, 0.2) is 24.3 Å². The van der Waals surface area contributed by atoms with Gasteiger partial charge in [0.15, 0.2) is 0 Å². The number of hydrogen-bond donors (Lipinski definition) is 3. The largest absolute Gasteiger partial charge is 0.494 e. The fourth-order valence-electron chi connectivity index (χ4n) is 3.08. The predicted molar refractivity (Wildman–Crippen MR) is 114 cm³/mol. The van der Waals surface area contributed by atoms with Gasteiger partial charge in [-0.3, -0.25) is 15.0 Å². The second kappa shape index (κ2) is 10.6. The first-order valence-electron chi connectivity index (χ1n) is 9.92. The van der Waals surface area contributed by atoms with Gasteiger partial charge in [-0.2, -0.15) is 9.97 Å². The van der Waals surface area contributed by atoms with Crippen LogP contribution in [0.25, 0.3) is 0 Å². The summed E-state index contributed by atoms with van der Waals surface area (Å²) in [4.78, 5) is 21.5. The molecule has 30 heavy (non-hydrogen) atoms.